The molecule has 0 atom stereocenters. The zero-order valence-corrected chi connectivity index (χ0v) is 18.3. The highest BCUT2D eigenvalue weighted by molar-refractivity contribution is 5.97. The quantitative estimate of drug-likeness (QED) is 0.783. The number of hydrogen-bond acceptors (Lipinski definition) is 4. The fourth-order valence-electron chi connectivity index (χ4n) is 4.47. The van der Waals surface area contributed by atoms with E-state index < -0.39 is 0 Å². The van der Waals surface area contributed by atoms with Gasteiger partial charge in [-0.2, -0.15) is 0 Å². The number of ether oxygens (including phenoxy) is 1. The Morgan fingerprint density at radius 2 is 1.87 bits per heavy atom. The van der Waals surface area contributed by atoms with Gasteiger partial charge >= 0.3 is 0 Å². The van der Waals surface area contributed by atoms with Crippen molar-refractivity contribution in [2.24, 2.45) is 0 Å². The van der Waals surface area contributed by atoms with E-state index in [0.29, 0.717) is 5.56 Å². The lowest BCUT2D eigenvalue weighted by atomic mass is 10.1. The van der Waals surface area contributed by atoms with E-state index >= 15 is 0 Å². The molecule has 0 saturated carbocycles. The number of para-hydroxylation sites is 1. The van der Waals surface area contributed by atoms with E-state index in [1.165, 1.54) is 12.1 Å². The Balaban J connectivity index is 1.34. The van der Waals surface area contributed by atoms with Crippen molar-refractivity contribution in [2.75, 3.05) is 26.2 Å². The summed E-state index contributed by atoms with van der Waals surface area (Å²) in [5.41, 5.74) is 3.04. The largest absolute Gasteiger partial charge is 0.489 e. The van der Waals surface area contributed by atoms with Crippen LogP contribution < -0.4 is 4.74 Å². The topological polar surface area (TPSA) is 61.5 Å². The van der Waals surface area contributed by atoms with Crippen molar-refractivity contribution in [1.82, 2.24) is 19.8 Å². The molecule has 30 heavy (non-hydrogen) atoms. The van der Waals surface area contributed by atoms with Gasteiger partial charge in [0.05, 0.1) is 11.3 Å². The molecule has 1 amide bonds. The molecule has 2 aliphatic heterocycles. The number of hydrogen-bond donors (Lipinski definition) is 1. The number of H-pyrrole nitrogens is 1. The fraction of sp³-hybridized carbons (Fsp3) is 0.583. The molecule has 2 aliphatic rings. The summed E-state index contributed by atoms with van der Waals surface area (Å²) in [5, 5.41) is 0. The Kier molecular flexibility index (Phi) is 6.72. The first kappa shape index (κ1) is 20.9. The van der Waals surface area contributed by atoms with Gasteiger partial charge in [-0.3, -0.25) is 9.69 Å². The van der Waals surface area contributed by atoms with Gasteiger partial charge in [-0.15, -0.1) is 0 Å². The second kappa shape index (κ2) is 9.65. The fourth-order valence-corrected chi connectivity index (χ4v) is 4.47. The summed E-state index contributed by atoms with van der Waals surface area (Å²) in [6, 6.07) is 7.75. The number of amides is 1. The average molecular weight is 411 g/mol. The second-order valence-corrected chi connectivity index (χ2v) is 8.55. The van der Waals surface area contributed by atoms with Crippen LogP contribution in [0.25, 0.3) is 0 Å². The maximum absolute atomic E-state index is 13.0. The van der Waals surface area contributed by atoms with Gasteiger partial charge in [0.25, 0.3) is 5.91 Å². The first-order valence-electron chi connectivity index (χ1n) is 11.5. The highest BCUT2D eigenvalue weighted by atomic mass is 16.5. The zero-order chi connectivity index (χ0) is 20.9. The van der Waals surface area contributed by atoms with Gasteiger partial charge in [0, 0.05) is 44.8 Å². The van der Waals surface area contributed by atoms with Crippen LogP contribution in [0.2, 0.25) is 0 Å². The molecule has 1 N–H and O–H groups in total. The molecule has 3 heterocycles. The number of rotatable bonds is 6. The molecule has 0 aliphatic carbocycles. The molecule has 1 aromatic heterocycles. The van der Waals surface area contributed by atoms with Gasteiger partial charge in [0.2, 0.25) is 0 Å². The SMILES string of the molecule is CCc1nc(CN2CCC(Oc3ccccc3C(=O)N3CCCCC3)CC2)c(C)[nH]1. The van der Waals surface area contributed by atoms with Crippen LogP contribution in [0.5, 0.6) is 5.75 Å². The van der Waals surface area contributed by atoms with E-state index in [0.717, 1.165) is 82.1 Å². The molecule has 2 fully saturated rings. The monoisotopic (exact) mass is 410 g/mol. The van der Waals surface area contributed by atoms with Crippen LogP contribution in [0, 0.1) is 6.92 Å². The maximum atomic E-state index is 13.0. The third-order valence-corrected chi connectivity index (χ3v) is 6.33. The predicted octanol–water partition coefficient (Wildman–Crippen LogP) is 3.95. The third kappa shape index (κ3) is 4.86. The molecule has 2 saturated heterocycles. The summed E-state index contributed by atoms with van der Waals surface area (Å²) in [7, 11) is 0. The number of nitrogens with one attached hydrogen (secondary N) is 1. The minimum Gasteiger partial charge on any atom is -0.489 e. The number of carbonyl (C=O) groups excluding carboxylic acids is 1. The lowest BCUT2D eigenvalue weighted by Gasteiger charge is -2.32. The number of piperidine rings is 2. The van der Waals surface area contributed by atoms with Crippen LogP contribution >= 0.6 is 0 Å². The smallest absolute Gasteiger partial charge is 0.257 e. The molecule has 0 unspecified atom stereocenters. The zero-order valence-electron chi connectivity index (χ0n) is 18.3. The summed E-state index contributed by atoms with van der Waals surface area (Å²) in [4.78, 5) is 25.5. The molecule has 162 valence electrons. The molecular weight excluding hydrogens is 376 g/mol. The Morgan fingerprint density at radius 1 is 1.13 bits per heavy atom. The summed E-state index contributed by atoms with van der Waals surface area (Å²) in [6.07, 6.45) is 6.45. The standard InChI is InChI=1S/C24H34N4O2/c1-3-23-25-18(2)21(26-23)17-27-15-11-19(12-16-27)30-22-10-6-5-9-20(22)24(29)28-13-7-4-8-14-28/h5-6,9-10,19H,3-4,7-8,11-17H2,1-2H3,(H,25,26). The van der Waals surface area contributed by atoms with E-state index in [4.69, 9.17) is 9.72 Å². The number of aryl methyl sites for hydroxylation is 2. The number of benzene rings is 1. The average Bonchev–Trinajstić information content (AvgIpc) is 3.15. The van der Waals surface area contributed by atoms with Gasteiger partial charge in [-0.1, -0.05) is 19.1 Å². The van der Waals surface area contributed by atoms with Crippen molar-refractivity contribution in [3.63, 3.8) is 0 Å². The van der Waals surface area contributed by atoms with Gasteiger partial charge in [-0.25, -0.2) is 4.98 Å². The summed E-state index contributed by atoms with van der Waals surface area (Å²) >= 11 is 0. The Labute approximate surface area is 179 Å². The van der Waals surface area contributed by atoms with Crippen molar-refractivity contribution in [2.45, 2.75) is 65.0 Å². The molecule has 6 heteroatoms. The third-order valence-electron chi connectivity index (χ3n) is 6.33. The van der Waals surface area contributed by atoms with Crippen molar-refractivity contribution >= 4 is 5.91 Å². The predicted molar refractivity (Wildman–Crippen MR) is 118 cm³/mol. The van der Waals surface area contributed by atoms with Gasteiger partial charge in [0.1, 0.15) is 17.7 Å². The van der Waals surface area contributed by atoms with E-state index in [1.54, 1.807) is 0 Å². The Bertz CT molecular complexity index is 849. The van der Waals surface area contributed by atoms with E-state index in [9.17, 15) is 4.79 Å². The summed E-state index contributed by atoms with van der Waals surface area (Å²) < 4.78 is 6.35. The highest BCUT2D eigenvalue weighted by Crippen LogP contribution is 2.26. The van der Waals surface area contributed by atoms with Crippen molar-refractivity contribution in [3.8, 4) is 5.75 Å². The lowest BCUT2D eigenvalue weighted by molar-refractivity contribution is 0.0701. The van der Waals surface area contributed by atoms with Crippen LogP contribution in [0.1, 0.15) is 66.6 Å². The lowest BCUT2D eigenvalue weighted by Crippen LogP contribution is -2.39. The highest BCUT2D eigenvalue weighted by Gasteiger charge is 2.25. The van der Waals surface area contributed by atoms with Crippen LogP contribution in [0.15, 0.2) is 24.3 Å². The van der Waals surface area contributed by atoms with Crippen LogP contribution in [0.4, 0.5) is 0 Å². The molecule has 0 radical (unpaired) electrons. The van der Waals surface area contributed by atoms with Crippen LogP contribution in [0.3, 0.4) is 0 Å². The minimum atomic E-state index is 0.114. The second-order valence-electron chi connectivity index (χ2n) is 8.55. The molecule has 0 bridgehead atoms. The van der Waals surface area contributed by atoms with Gasteiger partial charge < -0.3 is 14.6 Å². The van der Waals surface area contributed by atoms with Gasteiger partial charge in [-0.05, 0) is 51.2 Å². The normalized spacial score (nSPS) is 18.5. The maximum Gasteiger partial charge on any atom is 0.257 e. The molecule has 0 spiro atoms. The van der Waals surface area contributed by atoms with E-state index in [1.807, 2.05) is 29.2 Å². The van der Waals surface area contributed by atoms with Crippen molar-refractivity contribution < 1.29 is 9.53 Å². The molecule has 4 rings (SSSR count). The number of aromatic amines is 1. The Morgan fingerprint density at radius 3 is 2.57 bits per heavy atom. The van der Waals surface area contributed by atoms with Crippen molar-refractivity contribution in [3.05, 3.63) is 47.0 Å². The van der Waals surface area contributed by atoms with E-state index in [-0.39, 0.29) is 12.0 Å². The van der Waals surface area contributed by atoms with E-state index in [2.05, 4.69) is 23.7 Å². The minimum absolute atomic E-state index is 0.114. The van der Waals surface area contributed by atoms with Crippen LogP contribution in [-0.4, -0.2) is 58.0 Å². The first-order chi connectivity index (χ1) is 14.6. The van der Waals surface area contributed by atoms with Crippen LogP contribution in [-0.2, 0) is 13.0 Å². The summed E-state index contributed by atoms with van der Waals surface area (Å²) in [5.74, 6) is 1.92. The Hall–Kier alpha value is -2.34. The number of imidazole rings is 1. The molecular formula is C24H34N4O2. The molecule has 6 nitrogen and oxygen atoms in total. The molecule has 1 aromatic carbocycles. The van der Waals surface area contributed by atoms with Crippen molar-refractivity contribution in [1.29, 1.82) is 0 Å². The summed E-state index contributed by atoms with van der Waals surface area (Å²) in [6.45, 7) is 8.81. The number of carbonyl (C=O) groups is 1. The number of nitrogens with zero attached hydrogens (tertiary/aromatic N) is 3. The van der Waals surface area contributed by atoms with Gasteiger partial charge in [0.15, 0.2) is 0 Å². The number of aromatic nitrogens is 2. The first-order valence-corrected chi connectivity index (χ1v) is 11.5. The molecule has 2 aromatic rings. The number of likely N-dealkylation sites (tertiary alicyclic amines) is 2.